The number of aromatic nitrogens is 4. The van der Waals surface area contributed by atoms with Crippen molar-refractivity contribution in [3.05, 3.63) is 12.7 Å². The number of rotatable bonds is 23. The summed E-state index contributed by atoms with van der Waals surface area (Å²) in [6.45, 7) is 0.837. The molecular formula is C25H43N8O17P3S. The first kappa shape index (κ1) is 45.9. The number of ketones is 1. The average Bonchev–Trinajstić information content (AvgIpc) is 3.62. The molecule has 12 N–H and O–H groups in total. The smallest absolute Gasteiger partial charge is 0.386 e. The number of carbonyl (C=O) groups excluding carboxylic acids is 3. The number of phosphoric ester groups is 3. The van der Waals surface area contributed by atoms with Crippen LogP contribution in [0.25, 0.3) is 11.2 Å². The number of nitrogen functional groups attached to an aromatic ring is 1. The molecule has 0 bridgehead atoms. The molecule has 1 saturated heterocycles. The second kappa shape index (κ2) is 19.6. The highest BCUT2D eigenvalue weighted by Crippen LogP contribution is 2.61. The van der Waals surface area contributed by atoms with Gasteiger partial charge in [-0.3, -0.25) is 32.5 Å². The summed E-state index contributed by atoms with van der Waals surface area (Å²) in [5.41, 5.74) is 9.57. The van der Waals surface area contributed by atoms with E-state index >= 15 is 0 Å². The van der Waals surface area contributed by atoms with E-state index < -0.39 is 84.6 Å². The van der Waals surface area contributed by atoms with Crippen molar-refractivity contribution in [3.63, 3.8) is 0 Å². The predicted molar refractivity (Wildman–Crippen MR) is 186 cm³/mol. The van der Waals surface area contributed by atoms with Gasteiger partial charge < -0.3 is 56.6 Å². The molecule has 0 saturated carbocycles. The van der Waals surface area contributed by atoms with Crippen LogP contribution in [0, 0.1) is 5.41 Å². The average molecular weight is 853 g/mol. The molecule has 25 nitrogen and oxygen atoms in total. The Morgan fingerprint density at radius 2 is 1.74 bits per heavy atom. The molecule has 3 heterocycles. The maximum atomic E-state index is 12.6. The van der Waals surface area contributed by atoms with E-state index in [9.17, 15) is 57.9 Å². The van der Waals surface area contributed by atoms with Gasteiger partial charge in [0, 0.05) is 37.1 Å². The number of imidazole rings is 1. The summed E-state index contributed by atoms with van der Waals surface area (Å²) in [7, 11) is -16.4. The maximum absolute atomic E-state index is 12.6. The largest absolute Gasteiger partial charge is 0.481 e. The second-order valence-corrected chi connectivity index (χ2v) is 17.5. The summed E-state index contributed by atoms with van der Waals surface area (Å²) >= 11 is 1.33. The Morgan fingerprint density at radius 3 is 2.41 bits per heavy atom. The van der Waals surface area contributed by atoms with E-state index in [4.69, 9.17) is 25.3 Å². The molecule has 54 heavy (non-hydrogen) atoms. The Kier molecular flexibility index (Phi) is 16.7. The summed E-state index contributed by atoms with van der Waals surface area (Å²) in [6.07, 6.45) is -6.61. The highest BCUT2D eigenvalue weighted by atomic mass is 32.2. The van der Waals surface area contributed by atoms with E-state index in [1.54, 1.807) is 0 Å². The number of carbonyl (C=O) groups is 3. The zero-order valence-corrected chi connectivity index (χ0v) is 32.3. The number of nitrogens with two attached hydrogens (primary N) is 2. The van der Waals surface area contributed by atoms with Crippen molar-refractivity contribution in [2.75, 3.05) is 50.1 Å². The van der Waals surface area contributed by atoms with Crippen LogP contribution in [-0.2, 0) is 50.7 Å². The van der Waals surface area contributed by atoms with Gasteiger partial charge in [-0.25, -0.2) is 28.6 Å². The Labute approximate surface area is 311 Å². The molecule has 0 spiro atoms. The molecular weight excluding hydrogens is 809 g/mol. The van der Waals surface area contributed by atoms with Crippen molar-refractivity contribution < 1.29 is 80.5 Å². The van der Waals surface area contributed by atoms with Gasteiger partial charge in [0.1, 0.15) is 42.0 Å². The molecule has 0 aliphatic carbocycles. The van der Waals surface area contributed by atoms with Crippen molar-refractivity contribution in [1.82, 2.24) is 30.2 Å². The van der Waals surface area contributed by atoms with Crippen molar-refractivity contribution >= 4 is 69.8 Å². The highest BCUT2D eigenvalue weighted by Gasteiger charge is 2.50. The van der Waals surface area contributed by atoms with Crippen LogP contribution in [0.2, 0.25) is 0 Å². The third kappa shape index (κ3) is 13.9. The molecule has 2 aromatic heterocycles. The van der Waals surface area contributed by atoms with Gasteiger partial charge in [0.15, 0.2) is 17.7 Å². The van der Waals surface area contributed by atoms with Crippen molar-refractivity contribution in [2.45, 2.75) is 57.3 Å². The molecule has 306 valence electrons. The SMILES string of the molecule is CC(C)(COP(=O)(O)OP(=O)(O)OC[C@H]1O[C@@H](n2cnc3c(N)ncnc32)[C@H](O)[C@@H]1OP(=O)(O)O)C(O)C(=O)NCCC(=O)NCCSCC(=O)CCN. The molecule has 0 radical (unpaired) electrons. The van der Waals surface area contributed by atoms with Crippen LogP contribution < -0.4 is 22.1 Å². The third-order valence-electron chi connectivity index (χ3n) is 7.33. The Bertz CT molecular complexity index is 1770. The summed E-state index contributed by atoms with van der Waals surface area (Å²) in [4.78, 5) is 86.8. The fraction of sp³-hybridized carbons (Fsp3) is 0.680. The number of nitrogens with zero attached hydrogens (tertiary/aromatic N) is 4. The fourth-order valence-electron chi connectivity index (χ4n) is 4.62. The van der Waals surface area contributed by atoms with E-state index in [1.165, 1.54) is 25.6 Å². The van der Waals surface area contributed by atoms with Gasteiger partial charge in [-0.1, -0.05) is 13.8 Å². The number of thioether (sulfide) groups is 1. The summed E-state index contributed by atoms with van der Waals surface area (Å²) < 4.78 is 62.0. The van der Waals surface area contributed by atoms with E-state index in [2.05, 4.69) is 34.4 Å². The van der Waals surface area contributed by atoms with Crippen molar-refractivity contribution in [1.29, 1.82) is 0 Å². The zero-order valence-electron chi connectivity index (χ0n) is 28.8. The normalized spacial score (nSPS) is 22.0. The number of aliphatic hydroxyl groups excluding tert-OH is 2. The fourth-order valence-corrected chi connectivity index (χ4v) is 8.21. The number of phosphoric acid groups is 3. The monoisotopic (exact) mass is 852 g/mol. The molecule has 3 rings (SSSR count). The molecule has 1 aliphatic heterocycles. The number of ether oxygens (including phenoxy) is 1. The van der Waals surface area contributed by atoms with Crippen molar-refractivity contribution in [2.24, 2.45) is 11.1 Å². The summed E-state index contributed by atoms with van der Waals surface area (Å²) in [5.74, 6) is -0.681. The zero-order chi connectivity index (χ0) is 40.5. The number of nitrogens with one attached hydrogen (secondary N) is 2. The van der Waals surface area contributed by atoms with E-state index in [-0.39, 0.29) is 61.0 Å². The number of anilines is 1. The Balaban J connectivity index is 1.50. The van der Waals surface area contributed by atoms with Gasteiger partial charge in [0.05, 0.1) is 25.3 Å². The van der Waals surface area contributed by atoms with Gasteiger partial charge in [0.2, 0.25) is 11.8 Å². The number of fused-ring (bicyclic) bond motifs is 1. The number of hydrogen-bond acceptors (Lipinski definition) is 19. The lowest BCUT2D eigenvalue weighted by molar-refractivity contribution is -0.137. The molecule has 7 atom stereocenters. The first-order valence-corrected chi connectivity index (χ1v) is 21.4. The summed E-state index contributed by atoms with van der Waals surface area (Å²) in [6, 6.07) is 0. The molecule has 29 heteroatoms. The van der Waals surface area contributed by atoms with Crippen LogP contribution in [0.15, 0.2) is 12.7 Å². The number of Topliss-reactive ketones (excluding diaryl/α,β-unsaturated/α-hetero) is 1. The van der Waals surface area contributed by atoms with Gasteiger partial charge in [-0.05, 0) is 6.54 Å². The lowest BCUT2D eigenvalue weighted by atomic mass is 9.87. The first-order chi connectivity index (χ1) is 25.1. The van der Waals surface area contributed by atoms with Gasteiger partial charge in [-0.2, -0.15) is 16.1 Å². The van der Waals surface area contributed by atoms with Gasteiger partial charge in [0.25, 0.3) is 0 Å². The quantitative estimate of drug-likeness (QED) is 0.0429. The molecule has 1 fully saturated rings. The van der Waals surface area contributed by atoms with Crippen LogP contribution in [-0.4, -0.2) is 136 Å². The minimum absolute atomic E-state index is 0.000789. The Morgan fingerprint density at radius 1 is 1.06 bits per heavy atom. The van der Waals surface area contributed by atoms with Gasteiger partial charge in [-0.15, -0.1) is 0 Å². The number of aliphatic hydroxyl groups is 2. The second-order valence-electron chi connectivity index (χ2n) is 12.2. The minimum Gasteiger partial charge on any atom is -0.386 e. The van der Waals surface area contributed by atoms with Gasteiger partial charge >= 0.3 is 23.5 Å². The number of amides is 2. The van der Waals surface area contributed by atoms with Crippen LogP contribution in [0.4, 0.5) is 5.82 Å². The summed E-state index contributed by atoms with van der Waals surface area (Å²) in [5, 5.41) is 26.3. The molecule has 2 amide bonds. The van der Waals surface area contributed by atoms with Crippen LogP contribution in [0.5, 0.6) is 0 Å². The topological polar surface area (TPSA) is 390 Å². The highest BCUT2D eigenvalue weighted by molar-refractivity contribution is 7.99. The van der Waals surface area contributed by atoms with Crippen LogP contribution in [0.3, 0.4) is 0 Å². The van der Waals surface area contributed by atoms with E-state index in [0.717, 1.165) is 17.2 Å². The molecule has 2 aromatic rings. The van der Waals surface area contributed by atoms with Crippen LogP contribution >= 0.6 is 35.2 Å². The lowest BCUT2D eigenvalue weighted by Gasteiger charge is -2.30. The minimum atomic E-state index is -5.56. The number of hydrogen-bond donors (Lipinski definition) is 10. The predicted octanol–water partition coefficient (Wildman–Crippen LogP) is -1.94. The maximum Gasteiger partial charge on any atom is 0.481 e. The lowest BCUT2D eigenvalue weighted by Crippen LogP contribution is -2.46. The van der Waals surface area contributed by atoms with E-state index in [1.807, 2.05) is 0 Å². The molecule has 1 aliphatic rings. The van der Waals surface area contributed by atoms with Crippen LogP contribution in [0.1, 0.15) is 32.9 Å². The standard InChI is InChI=1S/C25H43N8O17P3S/c1-25(2,20(37)23(38)29-6-4-16(35)28-7-8-54-10-14(34)3-5-26)11-47-53(44,45)50-52(42,43)46-9-15-19(49-51(39,40)41)18(36)24(48-15)33-13-32-17-21(27)30-12-31-22(17)33/h12-13,15,18-20,24,36-37H,3-11,26H2,1-2H3,(H,28,35)(H,29,38)(H,42,43)(H,44,45)(H2,27,30,31)(H2,39,40,41)/t15-,18-,19-,20?,24-/m1/s1. The Hall–Kier alpha value is -2.48. The first-order valence-electron chi connectivity index (χ1n) is 15.7. The molecule has 0 aromatic carbocycles. The van der Waals surface area contributed by atoms with E-state index in [0.29, 0.717) is 5.75 Å². The van der Waals surface area contributed by atoms with Crippen molar-refractivity contribution in [3.8, 4) is 0 Å². The molecule has 3 unspecified atom stereocenters. The third-order valence-corrected chi connectivity index (χ3v) is 11.5.